The van der Waals surface area contributed by atoms with Crippen molar-refractivity contribution in [3.8, 4) is 5.75 Å². The minimum absolute atomic E-state index is 0.0582. The second-order valence-corrected chi connectivity index (χ2v) is 9.41. The van der Waals surface area contributed by atoms with Gasteiger partial charge < -0.3 is 10.1 Å². The van der Waals surface area contributed by atoms with E-state index in [0.717, 1.165) is 29.7 Å². The van der Waals surface area contributed by atoms with Gasteiger partial charge in [-0.3, -0.25) is 14.2 Å². The molecule has 1 aliphatic carbocycles. The van der Waals surface area contributed by atoms with Crippen LogP contribution in [0.4, 0.5) is 0 Å². The number of fused-ring (bicyclic) bond motifs is 1. The number of aromatic nitrogens is 2. The van der Waals surface area contributed by atoms with Gasteiger partial charge in [-0.25, -0.2) is 4.98 Å². The number of benzene rings is 3. The van der Waals surface area contributed by atoms with Crippen LogP contribution in [0.2, 0.25) is 0 Å². The number of carbonyl (C=O) groups is 1. The molecule has 1 N–H and O–H groups in total. The fraction of sp³-hybridized carbons (Fsp3) is 0.222. The van der Waals surface area contributed by atoms with Crippen molar-refractivity contribution in [2.45, 2.75) is 35.8 Å². The normalized spacial score (nSPS) is 14.0. The van der Waals surface area contributed by atoms with E-state index in [1.165, 1.54) is 11.8 Å². The zero-order chi connectivity index (χ0) is 23.5. The Morgan fingerprint density at radius 1 is 1.06 bits per heavy atom. The maximum atomic E-state index is 13.5. The van der Waals surface area contributed by atoms with Crippen molar-refractivity contribution in [1.82, 2.24) is 14.9 Å². The summed E-state index contributed by atoms with van der Waals surface area (Å²) in [6.45, 7) is 0.342. The molecule has 34 heavy (non-hydrogen) atoms. The minimum Gasteiger partial charge on any atom is -0.497 e. The van der Waals surface area contributed by atoms with Gasteiger partial charge in [0.05, 0.1) is 24.6 Å². The van der Waals surface area contributed by atoms with Crippen LogP contribution in [0.15, 0.2) is 88.8 Å². The van der Waals surface area contributed by atoms with Gasteiger partial charge in [-0.05, 0) is 48.2 Å². The highest BCUT2D eigenvalue weighted by Crippen LogP contribution is 2.36. The largest absolute Gasteiger partial charge is 0.497 e. The van der Waals surface area contributed by atoms with Crippen LogP contribution in [-0.4, -0.2) is 28.6 Å². The van der Waals surface area contributed by atoms with E-state index in [-0.39, 0.29) is 17.5 Å². The molecule has 0 radical (unpaired) electrons. The number of methoxy groups -OCH3 is 1. The quantitative estimate of drug-likeness (QED) is 0.301. The van der Waals surface area contributed by atoms with Gasteiger partial charge in [0.2, 0.25) is 5.91 Å². The molecule has 1 heterocycles. The summed E-state index contributed by atoms with van der Waals surface area (Å²) in [4.78, 5) is 31.6. The fourth-order valence-corrected chi connectivity index (χ4v) is 4.91. The van der Waals surface area contributed by atoms with Gasteiger partial charge in [0.1, 0.15) is 11.0 Å². The smallest absolute Gasteiger partial charge is 0.262 e. The van der Waals surface area contributed by atoms with E-state index >= 15 is 0 Å². The molecule has 1 aliphatic rings. The first kappa shape index (κ1) is 22.2. The Bertz CT molecular complexity index is 1370. The molecular weight excluding hydrogens is 446 g/mol. The number of nitrogens with zero attached hydrogens (tertiary/aromatic N) is 2. The molecular formula is C27H25N3O3S. The molecule has 172 valence electrons. The molecule has 7 heteroatoms. The lowest BCUT2D eigenvalue weighted by molar-refractivity contribution is -0.120. The fourth-order valence-electron chi connectivity index (χ4n) is 3.80. The second-order valence-electron chi connectivity index (χ2n) is 8.34. The summed E-state index contributed by atoms with van der Waals surface area (Å²) in [5.74, 6) is 0.695. The Kier molecular flexibility index (Phi) is 6.36. The van der Waals surface area contributed by atoms with Crippen molar-refractivity contribution in [3.63, 3.8) is 0 Å². The third-order valence-electron chi connectivity index (χ3n) is 5.81. The number of ether oxygens (including phenoxy) is 1. The molecule has 0 spiro atoms. The van der Waals surface area contributed by atoms with E-state index < -0.39 is 5.25 Å². The predicted molar refractivity (Wildman–Crippen MR) is 134 cm³/mol. The number of hydrogen-bond acceptors (Lipinski definition) is 5. The Labute approximate surface area is 202 Å². The third kappa shape index (κ3) is 4.84. The molecule has 1 aromatic heterocycles. The molecule has 4 aromatic rings. The van der Waals surface area contributed by atoms with Crippen LogP contribution in [0.1, 0.15) is 29.2 Å². The molecule has 1 amide bonds. The number of thioether (sulfide) groups is 1. The summed E-state index contributed by atoms with van der Waals surface area (Å²) in [7, 11) is 1.62. The number of amides is 1. The SMILES string of the molecule is COc1ccc(Cn2c(SC(C(=O)NC3CC3)c3ccccc3)nc3ccccc3c2=O)cc1. The van der Waals surface area contributed by atoms with Crippen LogP contribution in [0.3, 0.4) is 0 Å². The summed E-state index contributed by atoms with van der Waals surface area (Å²) in [6, 6.07) is 24.8. The Morgan fingerprint density at radius 3 is 2.47 bits per heavy atom. The maximum Gasteiger partial charge on any atom is 0.262 e. The lowest BCUT2D eigenvalue weighted by atomic mass is 10.1. The van der Waals surface area contributed by atoms with E-state index in [0.29, 0.717) is 22.6 Å². The zero-order valence-corrected chi connectivity index (χ0v) is 19.6. The van der Waals surface area contributed by atoms with Crippen LogP contribution in [0, 0.1) is 0 Å². The topological polar surface area (TPSA) is 73.2 Å². The van der Waals surface area contributed by atoms with Crippen LogP contribution in [-0.2, 0) is 11.3 Å². The summed E-state index contributed by atoms with van der Waals surface area (Å²) in [6.07, 6.45) is 2.02. The molecule has 1 saturated carbocycles. The number of hydrogen-bond donors (Lipinski definition) is 1. The van der Waals surface area contributed by atoms with Crippen molar-refractivity contribution < 1.29 is 9.53 Å². The molecule has 1 atom stereocenters. The van der Waals surface area contributed by atoms with E-state index in [2.05, 4.69) is 5.32 Å². The number of nitrogens with one attached hydrogen (secondary N) is 1. The third-order valence-corrected chi connectivity index (χ3v) is 7.06. The lowest BCUT2D eigenvalue weighted by Gasteiger charge is -2.19. The summed E-state index contributed by atoms with van der Waals surface area (Å²) in [5, 5.41) is 3.67. The van der Waals surface area contributed by atoms with E-state index in [4.69, 9.17) is 9.72 Å². The van der Waals surface area contributed by atoms with E-state index in [1.807, 2.05) is 72.8 Å². The van der Waals surface area contributed by atoms with Gasteiger partial charge in [0, 0.05) is 6.04 Å². The van der Waals surface area contributed by atoms with Crippen LogP contribution in [0.5, 0.6) is 5.75 Å². The van der Waals surface area contributed by atoms with Crippen molar-refractivity contribution in [1.29, 1.82) is 0 Å². The molecule has 1 fully saturated rings. The molecule has 5 rings (SSSR count). The summed E-state index contributed by atoms with van der Waals surface area (Å²) >= 11 is 1.32. The molecule has 6 nitrogen and oxygen atoms in total. The van der Waals surface area contributed by atoms with Gasteiger partial charge in [0.15, 0.2) is 5.16 Å². The summed E-state index contributed by atoms with van der Waals surface area (Å²) in [5.41, 5.74) is 2.32. The highest BCUT2D eigenvalue weighted by molar-refractivity contribution is 8.00. The summed E-state index contributed by atoms with van der Waals surface area (Å²) < 4.78 is 6.92. The maximum absolute atomic E-state index is 13.5. The predicted octanol–water partition coefficient (Wildman–Crippen LogP) is 4.57. The van der Waals surface area contributed by atoms with Crippen LogP contribution >= 0.6 is 11.8 Å². The van der Waals surface area contributed by atoms with Crippen LogP contribution < -0.4 is 15.6 Å². The first-order valence-electron chi connectivity index (χ1n) is 11.3. The Balaban J connectivity index is 1.57. The zero-order valence-electron chi connectivity index (χ0n) is 18.8. The first-order valence-corrected chi connectivity index (χ1v) is 12.1. The van der Waals surface area contributed by atoms with Crippen molar-refractivity contribution in [2.75, 3.05) is 7.11 Å². The first-order chi connectivity index (χ1) is 16.6. The van der Waals surface area contributed by atoms with Gasteiger partial charge >= 0.3 is 0 Å². The number of carbonyl (C=O) groups excluding carboxylic acids is 1. The Hall–Kier alpha value is -3.58. The van der Waals surface area contributed by atoms with E-state index in [1.54, 1.807) is 17.7 Å². The van der Waals surface area contributed by atoms with Crippen molar-refractivity contribution in [3.05, 3.63) is 100 Å². The number of rotatable bonds is 8. The second kappa shape index (κ2) is 9.73. The Morgan fingerprint density at radius 2 is 1.76 bits per heavy atom. The molecule has 3 aromatic carbocycles. The van der Waals surface area contributed by atoms with Gasteiger partial charge in [-0.1, -0.05) is 66.4 Å². The number of para-hydroxylation sites is 1. The molecule has 0 saturated heterocycles. The molecule has 0 bridgehead atoms. The van der Waals surface area contributed by atoms with Crippen LogP contribution in [0.25, 0.3) is 10.9 Å². The van der Waals surface area contributed by atoms with Gasteiger partial charge in [-0.2, -0.15) is 0 Å². The molecule has 1 unspecified atom stereocenters. The highest BCUT2D eigenvalue weighted by Gasteiger charge is 2.30. The van der Waals surface area contributed by atoms with E-state index in [9.17, 15) is 9.59 Å². The minimum atomic E-state index is -0.517. The average molecular weight is 472 g/mol. The monoisotopic (exact) mass is 471 g/mol. The van der Waals surface area contributed by atoms with Crippen molar-refractivity contribution in [2.24, 2.45) is 0 Å². The lowest BCUT2D eigenvalue weighted by Crippen LogP contribution is -2.31. The average Bonchev–Trinajstić information content (AvgIpc) is 3.69. The standard InChI is InChI=1S/C27H25N3O3S/c1-33-21-15-11-18(12-16-21)17-30-26(32)22-9-5-6-10-23(22)29-27(30)34-24(19-7-3-2-4-8-19)25(31)28-20-13-14-20/h2-12,15-16,20,24H,13-14,17H2,1H3,(H,28,31). The highest BCUT2D eigenvalue weighted by atomic mass is 32.2. The van der Waals surface area contributed by atoms with Gasteiger partial charge in [-0.15, -0.1) is 0 Å². The van der Waals surface area contributed by atoms with Crippen molar-refractivity contribution >= 4 is 28.6 Å². The van der Waals surface area contributed by atoms with Gasteiger partial charge in [0.25, 0.3) is 5.56 Å². The molecule has 0 aliphatic heterocycles.